The highest BCUT2D eigenvalue weighted by molar-refractivity contribution is 6.11. The van der Waals surface area contributed by atoms with Gasteiger partial charge < -0.3 is 4.90 Å². The summed E-state index contributed by atoms with van der Waals surface area (Å²) < 4.78 is 2.24. The Morgan fingerprint density at radius 2 is 1.38 bits per heavy atom. The molecule has 0 saturated carbocycles. The Hall–Kier alpha value is -5.81. The van der Waals surface area contributed by atoms with Crippen molar-refractivity contribution in [1.29, 1.82) is 0 Å². The van der Waals surface area contributed by atoms with Gasteiger partial charge in [-0.15, -0.1) is 0 Å². The fraction of sp³-hybridized carbons (Fsp3) is 0.119. The maximum atomic E-state index is 5.22. The molecule has 1 unspecified atom stereocenters. The van der Waals surface area contributed by atoms with Crippen LogP contribution >= 0.6 is 0 Å². The molecule has 0 saturated heterocycles. The first-order valence-corrected chi connectivity index (χ1v) is 16.3. The van der Waals surface area contributed by atoms with E-state index in [-0.39, 0.29) is 11.3 Å². The first-order chi connectivity index (χ1) is 23.1. The molecular formula is C42H33N5. The molecule has 5 nitrogen and oxygen atoms in total. The van der Waals surface area contributed by atoms with Crippen LogP contribution in [0.15, 0.2) is 146 Å². The maximum Gasteiger partial charge on any atom is 0.238 e. The predicted octanol–water partition coefficient (Wildman–Crippen LogP) is 10.3. The second kappa shape index (κ2) is 10.6. The van der Waals surface area contributed by atoms with Crippen LogP contribution in [0.3, 0.4) is 0 Å². The molecule has 0 bridgehead atoms. The number of allylic oxidation sites excluding steroid dienone is 4. The van der Waals surface area contributed by atoms with Crippen molar-refractivity contribution in [2.24, 2.45) is 0 Å². The molecule has 0 spiro atoms. The average Bonchev–Trinajstić information content (AvgIpc) is 3.46. The minimum atomic E-state index is -0.245. The summed E-state index contributed by atoms with van der Waals surface area (Å²) >= 11 is 0. The highest BCUT2D eigenvalue weighted by atomic mass is 15.2. The molecule has 47 heavy (non-hydrogen) atoms. The van der Waals surface area contributed by atoms with E-state index in [9.17, 15) is 0 Å². The lowest BCUT2D eigenvalue weighted by atomic mass is 9.73. The third kappa shape index (κ3) is 4.34. The number of para-hydroxylation sites is 3. The van der Waals surface area contributed by atoms with Gasteiger partial charge in [-0.25, -0.2) is 4.98 Å². The van der Waals surface area contributed by atoms with Gasteiger partial charge in [0.1, 0.15) is 5.82 Å². The number of aromatic nitrogens is 4. The van der Waals surface area contributed by atoms with E-state index in [1.807, 2.05) is 18.2 Å². The zero-order valence-corrected chi connectivity index (χ0v) is 26.4. The molecular weight excluding hydrogens is 574 g/mol. The Balaban J connectivity index is 1.35. The molecule has 2 aliphatic rings. The topological polar surface area (TPSA) is 46.8 Å². The number of rotatable bonds is 4. The summed E-state index contributed by atoms with van der Waals surface area (Å²) in [6, 6.07) is 43.1. The lowest BCUT2D eigenvalue weighted by molar-refractivity contribution is 0.632. The molecule has 1 aliphatic heterocycles. The second-order valence-electron chi connectivity index (χ2n) is 12.9. The highest BCUT2D eigenvalue weighted by Gasteiger charge is 2.38. The minimum absolute atomic E-state index is 0.0833. The SMILES string of the molecule is CC1(C)c2ccccc2N(c2ccccc2)c2cc3c4ccccc4n(-c4nc(-c5ccccc5)nc(C5C=CC=CC5)n4)c3cc21. The van der Waals surface area contributed by atoms with Gasteiger partial charge in [0.05, 0.1) is 22.4 Å². The van der Waals surface area contributed by atoms with Crippen LogP contribution in [0.2, 0.25) is 0 Å². The van der Waals surface area contributed by atoms with E-state index in [0.29, 0.717) is 11.8 Å². The highest BCUT2D eigenvalue weighted by Crippen LogP contribution is 2.53. The fourth-order valence-corrected chi connectivity index (χ4v) is 7.37. The van der Waals surface area contributed by atoms with Crippen molar-refractivity contribution in [3.63, 3.8) is 0 Å². The number of anilines is 3. The van der Waals surface area contributed by atoms with Crippen molar-refractivity contribution in [3.8, 4) is 17.3 Å². The summed E-state index contributed by atoms with van der Waals surface area (Å²) in [5.74, 6) is 2.18. The Morgan fingerprint density at radius 1 is 0.638 bits per heavy atom. The lowest BCUT2D eigenvalue weighted by Gasteiger charge is -2.42. The van der Waals surface area contributed by atoms with Crippen molar-refractivity contribution < 1.29 is 0 Å². The van der Waals surface area contributed by atoms with Crippen LogP contribution < -0.4 is 4.90 Å². The minimum Gasteiger partial charge on any atom is -0.310 e. The summed E-state index contributed by atoms with van der Waals surface area (Å²) in [6.07, 6.45) is 9.41. The van der Waals surface area contributed by atoms with Crippen molar-refractivity contribution in [2.75, 3.05) is 4.90 Å². The third-order valence-electron chi connectivity index (χ3n) is 9.72. The smallest absolute Gasteiger partial charge is 0.238 e. The standard InChI is InChI=1S/C42H33N5/c1-42(2)33-23-13-15-25-36(33)46(30-20-10-5-11-21-30)38-26-32-31-22-12-14-24-35(31)47(37(32)27-34(38)42)41-44-39(28-16-6-3-7-17-28)43-40(45-41)29-18-8-4-9-19-29/h3-18,20-27,29H,19H2,1-2H3. The normalized spacial score (nSPS) is 16.4. The van der Waals surface area contributed by atoms with Crippen LogP contribution in [0.25, 0.3) is 39.1 Å². The molecule has 5 heteroatoms. The van der Waals surface area contributed by atoms with E-state index in [0.717, 1.165) is 34.5 Å². The van der Waals surface area contributed by atoms with Gasteiger partial charge in [0, 0.05) is 33.4 Å². The van der Waals surface area contributed by atoms with Crippen molar-refractivity contribution in [2.45, 2.75) is 31.6 Å². The predicted molar refractivity (Wildman–Crippen MR) is 192 cm³/mol. The molecule has 0 radical (unpaired) electrons. The van der Waals surface area contributed by atoms with E-state index in [4.69, 9.17) is 15.0 Å². The van der Waals surface area contributed by atoms with Crippen LogP contribution in [0.5, 0.6) is 0 Å². The Bertz CT molecular complexity index is 2370. The van der Waals surface area contributed by atoms with Crippen LogP contribution in [0.4, 0.5) is 17.1 Å². The van der Waals surface area contributed by atoms with Gasteiger partial charge in [0.15, 0.2) is 5.82 Å². The van der Waals surface area contributed by atoms with E-state index in [1.54, 1.807) is 0 Å². The maximum absolute atomic E-state index is 5.22. The Kier molecular flexibility index (Phi) is 6.22. The van der Waals surface area contributed by atoms with Gasteiger partial charge in [0.25, 0.3) is 0 Å². The van der Waals surface area contributed by atoms with Crippen LogP contribution in [0, 0.1) is 0 Å². The van der Waals surface area contributed by atoms with E-state index in [2.05, 4.69) is 151 Å². The summed E-state index contributed by atoms with van der Waals surface area (Å²) in [5.41, 5.74) is 8.98. The average molecular weight is 608 g/mol. The first kappa shape index (κ1) is 27.5. The number of fused-ring (bicyclic) bond motifs is 5. The fourth-order valence-electron chi connectivity index (χ4n) is 7.37. The Morgan fingerprint density at radius 3 is 2.19 bits per heavy atom. The summed E-state index contributed by atoms with van der Waals surface area (Å²) in [4.78, 5) is 17.8. The second-order valence-corrected chi connectivity index (χ2v) is 12.9. The van der Waals surface area contributed by atoms with Gasteiger partial charge in [-0.1, -0.05) is 123 Å². The van der Waals surface area contributed by atoms with E-state index >= 15 is 0 Å². The molecule has 3 heterocycles. The summed E-state index contributed by atoms with van der Waals surface area (Å²) in [5, 5.41) is 2.33. The molecule has 2 aromatic heterocycles. The number of nitrogens with zero attached hydrogens (tertiary/aromatic N) is 5. The molecule has 1 atom stereocenters. The monoisotopic (exact) mass is 607 g/mol. The van der Waals surface area contributed by atoms with Crippen molar-refractivity contribution >= 4 is 38.9 Å². The van der Waals surface area contributed by atoms with Gasteiger partial charge in [-0.2, -0.15) is 9.97 Å². The van der Waals surface area contributed by atoms with E-state index in [1.165, 1.54) is 33.3 Å². The molecule has 1 aliphatic carbocycles. The van der Waals surface area contributed by atoms with E-state index < -0.39 is 0 Å². The van der Waals surface area contributed by atoms with Gasteiger partial charge in [-0.05, 0) is 53.9 Å². The van der Waals surface area contributed by atoms with Gasteiger partial charge >= 0.3 is 0 Å². The molecule has 0 amide bonds. The quantitative estimate of drug-likeness (QED) is 0.200. The van der Waals surface area contributed by atoms with Gasteiger partial charge in [-0.3, -0.25) is 4.57 Å². The lowest BCUT2D eigenvalue weighted by Crippen LogP contribution is -2.30. The number of benzene rings is 5. The largest absolute Gasteiger partial charge is 0.310 e. The van der Waals surface area contributed by atoms with Crippen LogP contribution in [-0.4, -0.2) is 19.5 Å². The molecule has 0 N–H and O–H groups in total. The molecule has 226 valence electrons. The van der Waals surface area contributed by atoms with Crippen LogP contribution in [-0.2, 0) is 5.41 Å². The van der Waals surface area contributed by atoms with Crippen LogP contribution in [0.1, 0.15) is 43.1 Å². The number of hydrogen-bond donors (Lipinski definition) is 0. The number of hydrogen-bond acceptors (Lipinski definition) is 4. The van der Waals surface area contributed by atoms with Gasteiger partial charge in [0.2, 0.25) is 5.95 Å². The summed E-state index contributed by atoms with van der Waals surface area (Å²) in [6.45, 7) is 4.67. The zero-order valence-electron chi connectivity index (χ0n) is 26.4. The zero-order chi connectivity index (χ0) is 31.5. The van der Waals surface area contributed by atoms with Crippen molar-refractivity contribution in [3.05, 3.63) is 163 Å². The molecule has 5 aromatic carbocycles. The first-order valence-electron chi connectivity index (χ1n) is 16.3. The third-order valence-corrected chi connectivity index (χ3v) is 9.72. The molecule has 7 aromatic rings. The molecule has 9 rings (SSSR count). The van der Waals surface area contributed by atoms with Crippen molar-refractivity contribution in [1.82, 2.24) is 19.5 Å². The Labute approximate surface area is 274 Å². The molecule has 0 fully saturated rings. The summed E-state index contributed by atoms with van der Waals surface area (Å²) in [7, 11) is 0.